The van der Waals surface area contributed by atoms with Crippen LogP contribution in [-0.2, 0) is 20.6 Å². The van der Waals surface area contributed by atoms with E-state index in [2.05, 4.69) is 26.0 Å². The van der Waals surface area contributed by atoms with Crippen LogP contribution in [0.4, 0.5) is 0 Å². The molecule has 2 rings (SSSR count). The minimum atomic E-state index is -3.52. The number of benzene rings is 1. The van der Waals surface area contributed by atoms with Gasteiger partial charge in [-0.3, -0.25) is 4.79 Å². The van der Waals surface area contributed by atoms with Crippen LogP contribution in [-0.4, -0.2) is 26.9 Å². The SMILES string of the molecule is O=C(CNS(=O)(=O)Cc1cccc(Br)c1)NC1CCCCC1. The lowest BCUT2D eigenvalue weighted by molar-refractivity contribution is -0.120. The van der Waals surface area contributed by atoms with Gasteiger partial charge >= 0.3 is 0 Å². The standard InChI is InChI=1S/C15H21BrN2O3S/c16-13-6-4-5-12(9-13)11-22(20,21)17-10-15(19)18-14-7-2-1-3-8-14/h4-6,9,14,17H,1-3,7-8,10-11H2,(H,18,19). The van der Waals surface area contributed by atoms with Crippen molar-refractivity contribution >= 4 is 31.9 Å². The first kappa shape index (κ1) is 17.4. The number of carbonyl (C=O) groups excluding carboxylic acids is 1. The fourth-order valence-electron chi connectivity index (χ4n) is 2.60. The molecule has 0 atom stereocenters. The average Bonchev–Trinajstić information content (AvgIpc) is 2.46. The highest BCUT2D eigenvalue weighted by Gasteiger charge is 2.18. The smallest absolute Gasteiger partial charge is 0.235 e. The van der Waals surface area contributed by atoms with E-state index in [0.29, 0.717) is 5.56 Å². The topological polar surface area (TPSA) is 75.3 Å². The molecule has 0 bridgehead atoms. The number of hydrogen-bond donors (Lipinski definition) is 2. The van der Waals surface area contributed by atoms with Gasteiger partial charge < -0.3 is 5.32 Å². The highest BCUT2D eigenvalue weighted by atomic mass is 79.9. The molecular formula is C15H21BrN2O3S. The molecule has 1 fully saturated rings. The molecule has 2 N–H and O–H groups in total. The lowest BCUT2D eigenvalue weighted by Crippen LogP contribution is -2.42. The number of carbonyl (C=O) groups is 1. The van der Waals surface area contributed by atoms with Gasteiger partial charge in [0.2, 0.25) is 15.9 Å². The van der Waals surface area contributed by atoms with Gasteiger partial charge in [0.25, 0.3) is 0 Å². The number of amides is 1. The number of hydrogen-bond acceptors (Lipinski definition) is 3. The van der Waals surface area contributed by atoms with Crippen LogP contribution in [0.5, 0.6) is 0 Å². The Labute approximate surface area is 140 Å². The lowest BCUT2D eigenvalue weighted by Gasteiger charge is -2.22. The zero-order valence-corrected chi connectivity index (χ0v) is 14.7. The maximum atomic E-state index is 12.0. The Balaban J connectivity index is 1.80. The van der Waals surface area contributed by atoms with Gasteiger partial charge in [0.05, 0.1) is 12.3 Å². The Kier molecular flexibility index (Phi) is 6.40. The Morgan fingerprint density at radius 2 is 1.95 bits per heavy atom. The fraction of sp³-hybridized carbons (Fsp3) is 0.533. The second-order valence-corrected chi connectivity index (χ2v) is 8.34. The summed E-state index contributed by atoms with van der Waals surface area (Å²) in [6.45, 7) is -0.202. The van der Waals surface area contributed by atoms with Gasteiger partial charge in [0, 0.05) is 10.5 Å². The summed E-state index contributed by atoms with van der Waals surface area (Å²) in [4.78, 5) is 11.8. The van der Waals surface area contributed by atoms with Gasteiger partial charge in [-0.1, -0.05) is 47.3 Å². The predicted molar refractivity (Wildman–Crippen MR) is 89.8 cm³/mol. The van der Waals surface area contributed by atoms with Crippen molar-refractivity contribution in [2.24, 2.45) is 0 Å². The van der Waals surface area contributed by atoms with Gasteiger partial charge in [-0.2, -0.15) is 0 Å². The Morgan fingerprint density at radius 3 is 2.64 bits per heavy atom. The summed E-state index contributed by atoms with van der Waals surface area (Å²) >= 11 is 3.31. The van der Waals surface area contributed by atoms with Crippen LogP contribution >= 0.6 is 15.9 Å². The summed E-state index contributed by atoms with van der Waals surface area (Å²) in [6.07, 6.45) is 5.43. The van der Waals surface area contributed by atoms with E-state index < -0.39 is 10.0 Å². The zero-order valence-electron chi connectivity index (χ0n) is 12.3. The molecule has 0 spiro atoms. The molecule has 1 amide bonds. The van der Waals surface area contributed by atoms with E-state index in [1.54, 1.807) is 18.2 Å². The Morgan fingerprint density at radius 1 is 1.23 bits per heavy atom. The van der Waals surface area contributed by atoms with Gasteiger partial charge in [0.1, 0.15) is 0 Å². The van der Waals surface area contributed by atoms with Crippen molar-refractivity contribution < 1.29 is 13.2 Å². The van der Waals surface area contributed by atoms with Crippen molar-refractivity contribution in [3.05, 3.63) is 34.3 Å². The monoisotopic (exact) mass is 388 g/mol. The van der Waals surface area contributed by atoms with Crippen molar-refractivity contribution in [2.75, 3.05) is 6.54 Å². The molecule has 22 heavy (non-hydrogen) atoms. The third-order valence-corrected chi connectivity index (χ3v) is 5.46. The highest BCUT2D eigenvalue weighted by Crippen LogP contribution is 2.17. The molecule has 0 aromatic heterocycles. The Bertz CT molecular complexity index is 613. The molecule has 1 aliphatic carbocycles. The molecule has 0 unspecified atom stereocenters. The number of nitrogens with one attached hydrogen (secondary N) is 2. The summed E-state index contributed by atoms with van der Waals surface area (Å²) in [5.41, 5.74) is 0.676. The maximum Gasteiger partial charge on any atom is 0.235 e. The number of sulfonamides is 1. The normalized spacial score (nSPS) is 16.4. The molecular weight excluding hydrogens is 368 g/mol. The molecule has 0 aliphatic heterocycles. The maximum absolute atomic E-state index is 12.0. The molecule has 1 aromatic carbocycles. The largest absolute Gasteiger partial charge is 0.352 e. The first-order valence-electron chi connectivity index (χ1n) is 7.46. The van der Waals surface area contributed by atoms with Crippen LogP contribution in [0, 0.1) is 0 Å². The van der Waals surface area contributed by atoms with E-state index in [1.807, 2.05) is 6.07 Å². The van der Waals surface area contributed by atoms with Crippen LogP contribution in [0.1, 0.15) is 37.7 Å². The van der Waals surface area contributed by atoms with E-state index in [1.165, 1.54) is 6.42 Å². The van der Waals surface area contributed by atoms with Gasteiger partial charge in [-0.05, 0) is 30.5 Å². The van der Waals surface area contributed by atoms with Crippen LogP contribution in [0.15, 0.2) is 28.7 Å². The predicted octanol–water partition coefficient (Wildman–Crippen LogP) is 2.32. The van der Waals surface area contributed by atoms with E-state index >= 15 is 0 Å². The molecule has 0 heterocycles. The minimum absolute atomic E-state index is 0.136. The summed E-state index contributed by atoms with van der Waals surface area (Å²) in [5, 5.41) is 2.89. The van der Waals surface area contributed by atoms with Crippen LogP contribution in [0.25, 0.3) is 0 Å². The lowest BCUT2D eigenvalue weighted by atomic mass is 9.95. The van der Waals surface area contributed by atoms with Gasteiger partial charge in [0.15, 0.2) is 0 Å². The van der Waals surface area contributed by atoms with Crippen LogP contribution < -0.4 is 10.0 Å². The molecule has 7 heteroatoms. The number of rotatable bonds is 6. The fourth-order valence-corrected chi connectivity index (χ4v) is 4.12. The molecule has 1 aromatic rings. The molecule has 5 nitrogen and oxygen atoms in total. The average molecular weight is 389 g/mol. The molecule has 122 valence electrons. The zero-order chi connectivity index (χ0) is 16.0. The minimum Gasteiger partial charge on any atom is -0.352 e. The van der Waals surface area contributed by atoms with E-state index in [9.17, 15) is 13.2 Å². The van der Waals surface area contributed by atoms with E-state index in [4.69, 9.17) is 0 Å². The van der Waals surface area contributed by atoms with Crippen LogP contribution in [0.2, 0.25) is 0 Å². The van der Waals surface area contributed by atoms with E-state index in [-0.39, 0.29) is 24.2 Å². The molecule has 0 saturated heterocycles. The first-order chi connectivity index (χ1) is 10.4. The van der Waals surface area contributed by atoms with Crippen molar-refractivity contribution in [2.45, 2.75) is 43.9 Å². The second kappa shape index (κ2) is 8.08. The summed E-state index contributed by atoms with van der Waals surface area (Å²) in [5.74, 6) is -0.395. The first-order valence-corrected chi connectivity index (χ1v) is 9.90. The van der Waals surface area contributed by atoms with Crippen molar-refractivity contribution in [3.63, 3.8) is 0 Å². The van der Waals surface area contributed by atoms with Gasteiger partial charge in [-0.15, -0.1) is 0 Å². The van der Waals surface area contributed by atoms with Crippen LogP contribution in [0.3, 0.4) is 0 Å². The van der Waals surface area contributed by atoms with Crippen molar-refractivity contribution in [3.8, 4) is 0 Å². The second-order valence-electron chi connectivity index (χ2n) is 5.61. The number of halogens is 1. The molecule has 1 saturated carbocycles. The Hall–Kier alpha value is -0.920. The van der Waals surface area contributed by atoms with E-state index in [0.717, 1.165) is 30.2 Å². The molecule has 0 radical (unpaired) electrons. The van der Waals surface area contributed by atoms with Crippen molar-refractivity contribution in [1.82, 2.24) is 10.0 Å². The highest BCUT2D eigenvalue weighted by molar-refractivity contribution is 9.10. The summed E-state index contributed by atoms with van der Waals surface area (Å²) in [7, 11) is -3.52. The quantitative estimate of drug-likeness (QED) is 0.784. The van der Waals surface area contributed by atoms with Crippen molar-refractivity contribution in [1.29, 1.82) is 0 Å². The third kappa shape index (κ3) is 6.06. The summed E-state index contributed by atoms with van der Waals surface area (Å²) in [6, 6.07) is 7.30. The molecule has 1 aliphatic rings. The van der Waals surface area contributed by atoms with Gasteiger partial charge in [-0.25, -0.2) is 13.1 Å². The third-order valence-electron chi connectivity index (χ3n) is 3.67. The summed E-state index contributed by atoms with van der Waals surface area (Å²) < 4.78 is 27.2.